The Bertz CT molecular complexity index is 344. The number of aliphatic hydroxyl groups excluding tert-OH is 1. The van der Waals surface area contributed by atoms with Gasteiger partial charge in [0.2, 0.25) is 0 Å². The first-order valence-electron chi connectivity index (χ1n) is 5.31. The van der Waals surface area contributed by atoms with Crippen LogP contribution in [0.3, 0.4) is 0 Å². The lowest BCUT2D eigenvalue weighted by Crippen LogP contribution is -2.29. The lowest BCUT2D eigenvalue weighted by molar-refractivity contribution is -0.0228. The molecule has 2 atom stereocenters. The highest BCUT2D eigenvalue weighted by atomic mass is 32.2. The van der Waals surface area contributed by atoms with Crippen molar-refractivity contribution in [2.24, 2.45) is 0 Å². The van der Waals surface area contributed by atoms with E-state index in [-0.39, 0.29) is 11.9 Å². The van der Waals surface area contributed by atoms with Crippen LogP contribution < -0.4 is 0 Å². The van der Waals surface area contributed by atoms with Crippen molar-refractivity contribution in [2.75, 3.05) is 18.1 Å². The van der Waals surface area contributed by atoms with Gasteiger partial charge in [0.25, 0.3) is 0 Å². The van der Waals surface area contributed by atoms with Crippen LogP contribution >= 0.6 is 11.8 Å². The minimum Gasteiger partial charge on any atom is -0.386 e. The molecule has 1 fully saturated rings. The van der Waals surface area contributed by atoms with Gasteiger partial charge in [-0.1, -0.05) is 6.07 Å². The highest BCUT2D eigenvalue weighted by Crippen LogP contribution is 2.26. The number of aryl methyl sites for hydroxylation is 1. The van der Waals surface area contributed by atoms with Gasteiger partial charge in [0, 0.05) is 11.5 Å². The molecule has 1 aliphatic heterocycles. The molecule has 4 heteroatoms. The molecule has 0 spiro atoms. The van der Waals surface area contributed by atoms with E-state index >= 15 is 0 Å². The molecule has 88 valence electrons. The van der Waals surface area contributed by atoms with Gasteiger partial charge in [-0.3, -0.25) is 0 Å². The summed E-state index contributed by atoms with van der Waals surface area (Å²) in [6.45, 7) is 2.47. The first-order chi connectivity index (χ1) is 7.66. The molecular weight excluding hydrogens is 227 g/mol. The van der Waals surface area contributed by atoms with Gasteiger partial charge < -0.3 is 9.84 Å². The fourth-order valence-corrected chi connectivity index (χ4v) is 2.73. The Labute approximate surface area is 98.8 Å². The van der Waals surface area contributed by atoms with E-state index in [1.54, 1.807) is 17.8 Å². The standard InChI is InChI=1S/C12H15FO2S/c1-8-4-9(6-10(13)5-8)12(14)11-7-16-3-2-15-11/h4-6,11-12,14H,2-3,7H2,1H3. The minimum absolute atomic E-state index is 0.222. The average molecular weight is 242 g/mol. The number of ether oxygens (including phenoxy) is 1. The summed E-state index contributed by atoms with van der Waals surface area (Å²) < 4.78 is 18.7. The Morgan fingerprint density at radius 1 is 1.50 bits per heavy atom. The lowest BCUT2D eigenvalue weighted by atomic mass is 10.0. The molecule has 0 aromatic heterocycles. The Morgan fingerprint density at radius 2 is 2.31 bits per heavy atom. The van der Waals surface area contributed by atoms with Crippen molar-refractivity contribution in [3.05, 3.63) is 35.1 Å². The first kappa shape index (κ1) is 11.9. The fraction of sp³-hybridized carbons (Fsp3) is 0.500. The summed E-state index contributed by atoms with van der Waals surface area (Å²) in [4.78, 5) is 0. The van der Waals surface area contributed by atoms with E-state index in [1.807, 2.05) is 6.92 Å². The maximum Gasteiger partial charge on any atom is 0.123 e. The number of halogens is 1. The van der Waals surface area contributed by atoms with Crippen LogP contribution in [0.4, 0.5) is 4.39 Å². The quantitative estimate of drug-likeness (QED) is 0.863. The van der Waals surface area contributed by atoms with Crippen LogP contribution in [0.2, 0.25) is 0 Å². The number of hydrogen-bond donors (Lipinski definition) is 1. The summed E-state index contributed by atoms with van der Waals surface area (Å²) in [5.74, 6) is 1.42. The second kappa shape index (κ2) is 5.17. The molecule has 1 aromatic rings. The number of rotatable bonds is 2. The molecule has 1 saturated heterocycles. The third-order valence-electron chi connectivity index (χ3n) is 2.60. The molecule has 1 aliphatic rings. The maximum absolute atomic E-state index is 13.2. The van der Waals surface area contributed by atoms with Crippen LogP contribution in [0.5, 0.6) is 0 Å². The first-order valence-corrected chi connectivity index (χ1v) is 6.47. The topological polar surface area (TPSA) is 29.5 Å². The molecule has 16 heavy (non-hydrogen) atoms. The van der Waals surface area contributed by atoms with E-state index in [0.717, 1.165) is 17.1 Å². The fourth-order valence-electron chi connectivity index (χ4n) is 1.84. The predicted molar refractivity (Wildman–Crippen MR) is 63.2 cm³/mol. The number of aliphatic hydroxyl groups is 1. The Kier molecular flexibility index (Phi) is 3.84. The van der Waals surface area contributed by atoms with Gasteiger partial charge in [-0.05, 0) is 30.2 Å². The Morgan fingerprint density at radius 3 is 2.94 bits per heavy atom. The minimum atomic E-state index is -0.734. The van der Waals surface area contributed by atoms with Crippen LogP contribution in [0.15, 0.2) is 18.2 Å². The molecule has 0 aliphatic carbocycles. The zero-order valence-corrected chi connectivity index (χ0v) is 9.97. The molecule has 0 bridgehead atoms. The summed E-state index contributed by atoms with van der Waals surface area (Å²) in [6.07, 6.45) is -0.956. The number of hydrogen-bond acceptors (Lipinski definition) is 3. The van der Waals surface area contributed by atoms with E-state index in [2.05, 4.69) is 0 Å². The number of benzene rings is 1. The summed E-state index contributed by atoms with van der Waals surface area (Å²) in [6, 6.07) is 4.63. The van der Waals surface area contributed by atoms with Crippen molar-refractivity contribution in [2.45, 2.75) is 19.1 Å². The average Bonchev–Trinajstić information content (AvgIpc) is 2.28. The van der Waals surface area contributed by atoms with Crippen LogP contribution in [-0.4, -0.2) is 29.3 Å². The van der Waals surface area contributed by atoms with Crippen molar-refractivity contribution in [1.29, 1.82) is 0 Å². The molecule has 0 saturated carbocycles. The van der Waals surface area contributed by atoms with E-state index in [4.69, 9.17) is 4.74 Å². The molecular formula is C12H15FO2S. The second-order valence-corrected chi connectivity index (χ2v) is 5.14. The summed E-state index contributed by atoms with van der Waals surface area (Å²) in [5.41, 5.74) is 1.42. The zero-order valence-electron chi connectivity index (χ0n) is 9.15. The molecule has 1 aromatic carbocycles. The summed E-state index contributed by atoms with van der Waals surface area (Å²) in [5, 5.41) is 10.1. The highest BCUT2D eigenvalue weighted by Gasteiger charge is 2.24. The largest absolute Gasteiger partial charge is 0.386 e. The van der Waals surface area contributed by atoms with Crippen molar-refractivity contribution in [1.82, 2.24) is 0 Å². The summed E-state index contributed by atoms with van der Waals surface area (Å²) in [7, 11) is 0. The van der Waals surface area contributed by atoms with E-state index < -0.39 is 6.10 Å². The monoisotopic (exact) mass is 242 g/mol. The molecule has 2 rings (SSSR count). The molecule has 2 unspecified atom stereocenters. The van der Waals surface area contributed by atoms with Gasteiger partial charge in [0.15, 0.2) is 0 Å². The Hall–Kier alpha value is -0.580. The smallest absolute Gasteiger partial charge is 0.123 e. The predicted octanol–water partition coefficient (Wildman–Crippen LogP) is 2.30. The van der Waals surface area contributed by atoms with Gasteiger partial charge in [0.1, 0.15) is 11.9 Å². The van der Waals surface area contributed by atoms with Crippen molar-refractivity contribution in [3.63, 3.8) is 0 Å². The molecule has 0 radical (unpaired) electrons. The van der Waals surface area contributed by atoms with Crippen molar-refractivity contribution < 1.29 is 14.2 Å². The van der Waals surface area contributed by atoms with Gasteiger partial charge in [-0.15, -0.1) is 0 Å². The third-order valence-corrected chi connectivity index (χ3v) is 3.62. The maximum atomic E-state index is 13.2. The normalized spacial score (nSPS) is 23.1. The van der Waals surface area contributed by atoms with Crippen LogP contribution in [0.25, 0.3) is 0 Å². The van der Waals surface area contributed by atoms with E-state index in [0.29, 0.717) is 12.2 Å². The van der Waals surface area contributed by atoms with Crippen LogP contribution in [0.1, 0.15) is 17.2 Å². The van der Waals surface area contributed by atoms with E-state index in [9.17, 15) is 9.50 Å². The van der Waals surface area contributed by atoms with E-state index in [1.165, 1.54) is 12.1 Å². The highest BCUT2D eigenvalue weighted by molar-refractivity contribution is 7.99. The van der Waals surface area contributed by atoms with Gasteiger partial charge in [0.05, 0.1) is 12.7 Å². The second-order valence-electron chi connectivity index (χ2n) is 3.99. The van der Waals surface area contributed by atoms with Gasteiger partial charge >= 0.3 is 0 Å². The molecule has 0 amide bonds. The molecule has 2 nitrogen and oxygen atoms in total. The lowest BCUT2D eigenvalue weighted by Gasteiger charge is -2.27. The van der Waals surface area contributed by atoms with Gasteiger partial charge in [-0.25, -0.2) is 4.39 Å². The van der Waals surface area contributed by atoms with Crippen LogP contribution in [0, 0.1) is 12.7 Å². The number of thioether (sulfide) groups is 1. The van der Waals surface area contributed by atoms with Gasteiger partial charge in [-0.2, -0.15) is 11.8 Å². The third kappa shape index (κ3) is 2.75. The zero-order chi connectivity index (χ0) is 11.5. The molecule has 1 heterocycles. The van der Waals surface area contributed by atoms with Crippen LogP contribution in [-0.2, 0) is 4.74 Å². The molecule has 1 N–H and O–H groups in total. The summed E-state index contributed by atoms with van der Waals surface area (Å²) >= 11 is 1.76. The Balaban J connectivity index is 2.15. The SMILES string of the molecule is Cc1cc(F)cc(C(O)C2CSCCO2)c1. The van der Waals surface area contributed by atoms with Crippen molar-refractivity contribution in [3.8, 4) is 0 Å². The van der Waals surface area contributed by atoms with Crippen molar-refractivity contribution >= 4 is 11.8 Å².